The van der Waals surface area contributed by atoms with Crippen LogP contribution in [0.5, 0.6) is 0 Å². The van der Waals surface area contributed by atoms with Crippen molar-refractivity contribution in [3.05, 3.63) is 29.3 Å². The predicted octanol–water partition coefficient (Wildman–Crippen LogP) is 2.20. The van der Waals surface area contributed by atoms with E-state index in [9.17, 15) is 13.2 Å². The van der Waals surface area contributed by atoms with Crippen LogP contribution < -0.4 is 10.5 Å². The van der Waals surface area contributed by atoms with Gasteiger partial charge in [0, 0.05) is 11.6 Å². The van der Waals surface area contributed by atoms with Crippen LogP contribution in [0.4, 0.5) is 0 Å². The number of amides is 1. The van der Waals surface area contributed by atoms with Crippen molar-refractivity contribution in [3.8, 4) is 0 Å². The molecule has 1 atom stereocenters. The van der Waals surface area contributed by atoms with Gasteiger partial charge in [-0.05, 0) is 43.5 Å². The molecule has 0 fully saturated rings. The van der Waals surface area contributed by atoms with Crippen LogP contribution in [0.1, 0.15) is 49.5 Å². The number of carbonyl (C=O) groups excluding carboxylic acids is 1. The van der Waals surface area contributed by atoms with Crippen molar-refractivity contribution in [2.24, 2.45) is 11.1 Å². The van der Waals surface area contributed by atoms with Gasteiger partial charge in [-0.15, -0.1) is 0 Å². The SMILES string of the molecule is CCC(CC)C(C)NC(=O)c1cc(C)cc(S(N)(=O)=O)c1. The van der Waals surface area contributed by atoms with Gasteiger partial charge < -0.3 is 5.32 Å². The quantitative estimate of drug-likeness (QED) is 0.844. The highest BCUT2D eigenvalue weighted by Gasteiger charge is 2.18. The zero-order chi connectivity index (χ0) is 16.2. The Bertz CT molecular complexity index is 607. The second-order valence-corrected chi connectivity index (χ2v) is 6.98. The lowest BCUT2D eigenvalue weighted by molar-refractivity contribution is 0.0925. The van der Waals surface area contributed by atoms with Crippen LogP contribution >= 0.6 is 0 Å². The van der Waals surface area contributed by atoms with E-state index in [0.717, 1.165) is 12.8 Å². The van der Waals surface area contributed by atoms with Crippen LogP contribution in [0.15, 0.2) is 23.1 Å². The summed E-state index contributed by atoms with van der Waals surface area (Å²) < 4.78 is 22.9. The summed E-state index contributed by atoms with van der Waals surface area (Å²) in [4.78, 5) is 12.2. The van der Waals surface area contributed by atoms with Gasteiger partial charge in [-0.3, -0.25) is 4.79 Å². The van der Waals surface area contributed by atoms with Crippen LogP contribution in [0.3, 0.4) is 0 Å². The van der Waals surface area contributed by atoms with E-state index in [4.69, 9.17) is 5.14 Å². The molecule has 6 heteroatoms. The van der Waals surface area contributed by atoms with Crippen LogP contribution in [-0.4, -0.2) is 20.4 Å². The molecule has 0 aliphatic rings. The molecule has 5 nitrogen and oxygen atoms in total. The largest absolute Gasteiger partial charge is 0.349 e. The molecule has 0 heterocycles. The van der Waals surface area contributed by atoms with Gasteiger partial charge in [0.2, 0.25) is 10.0 Å². The average molecular weight is 312 g/mol. The van der Waals surface area contributed by atoms with Gasteiger partial charge in [0.05, 0.1) is 4.90 Å². The molecule has 0 aliphatic carbocycles. The summed E-state index contributed by atoms with van der Waals surface area (Å²) in [5, 5.41) is 8.06. The summed E-state index contributed by atoms with van der Waals surface area (Å²) in [6.07, 6.45) is 1.96. The molecule has 0 bridgehead atoms. The Balaban J connectivity index is 3.01. The topological polar surface area (TPSA) is 89.3 Å². The van der Waals surface area contributed by atoms with Crippen LogP contribution in [0, 0.1) is 12.8 Å². The first-order chi connectivity index (χ1) is 9.68. The van der Waals surface area contributed by atoms with E-state index in [2.05, 4.69) is 19.2 Å². The normalized spacial score (nSPS) is 13.2. The number of primary sulfonamides is 1. The molecule has 0 spiro atoms. The summed E-state index contributed by atoms with van der Waals surface area (Å²) in [6, 6.07) is 4.46. The lowest BCUT2D eigenvalue weighted by atomic mass is 9.95. The van der Waals surface area contributed by atoms with Crippen molar-refractivity contribution in [1.82, 2.24) is 5.32 Å². The molecule has 1 rings (SSSR count). The molecular formula is C15H24N2O3S. The van der Waals surface area contributed by atoms with Crippen molar-refractivity contribution < 1.29 is 13.2 Å². The van der Waals surface area contributed by atoms with Gasteiger partial charge >= 0.3 is 0 Å². The molecule has 0 saturated heterocycles. The summed E-state index contributed by atoms with van der Waals surface area (Å²) in [7, 11) is -3.82. The maximum Gasteiger partial charge on any atom is 0.251 e. The lowest BCUT2D eigenvalue weighted by Gasteiger charge is -2.22. The van der Waals surface area contributed by atoms with E-state index >= 15 is 0 Å². The van der Waals surface area contributed by atoms with Crippen molar-refractivity contribution in [2.45, 2.75) is 51.5 Å². The number of rotatable bonds is 6. The summed E-state index contributed by atoms with van der Waals surface area (Å²) in [6.45, 7) is 7.87. The van der Waals surface area contributed by atoms with Gasteiger partial charge in [-0.2, -0.15) is 0 Å². The van der Waals surface area contributed by atoms with E-state index in [-0.39, 0.29) is 16.8 Å². The maximum absolute atomic E-state index is 12.3. The smallest absolute Gasteiger partial charge is 0.251 e. The fourth-order valence-corrected chi connectivity index (χ4v) is 3.09. The molecule has 0 aromatic heterocycles. The third kappa shape index (κ3) is 4.82. The second kappa shape index (κ2) is 7.04. The number of nitrogens with two attached hydrogens (primary N) is 1. The summed E-state index contributed by atoms with van der Waals surface area (Å²) in [5.74, 6) is 0.125. The highest BCUT2D eigenvalue weighted by molar-refractivity contribution is 7.89. The predicted molar refractivity (Wildman–Crippen MR) is 83.6 cm³/mol. The number of nitrogens with one attached hydrogen (secondary N) is 1. The molecular weight excluding hydrogens is 288 g/mol. The molecule has 0 aliphatic heterocycles. The van der Waals surface area contributed by atoms with Gasteiger partial charge in [0.25, 0.3) is 5.91 Å². The standard InChI is InChI=1S/C15H24N2O3S/c1-5-12(6-2)11(4)17-15(18)13-7-10(3)8-14(9-13)21(16,19)20/h7-9,11-12H,5-6H2,1-4H3,(H,17,18)(H2,16,19,20). The van der Waals surface area contributed by atoms with Crippen LogP contribution in [0.25, 0.3) is 0 Å². The minimum Gasteiger partial charge on any atom is -0.349 e. The third-order valence-corrected chi connectivity index (χ3v) is 4.65. The Kier molecular flexibility index (Phi) is 5.92. The zero-order valence-corrected chi connectivity index (χ0v) is 13.8. The second-order valence-electron chi connectivity index (χ2n) is 5.42. The zero-order valence-electron chi connectivity index (χ0n) is 13.0. The number of hydrogen-bond donors (Lipinski definition) is 2. The first kappa shape index (κ1) is 17.7. The Morgan fingerprint density at radius 1 is 1.24 bits per heavy atom. The first-order valence-electron chi connectivity index (χ1n) is 7.14. The van der Waals surface area contributed by atoms with Gasteiger partial charge in [0.1, 0.15) is 0 Å². The number of benzene rings is 1. The number of carbonyl (C=O) groups is 1. The Hall–Kier alpha value is -1.40. The molecule has 1 aromatic carbocycles. The van der Waals surface area contributed by atoms with Crippen molar-refractivity contribution in [3.63, 3.8) is 0 Å². The van der Waals surface area contributed by atoms with Crippen molar-refractivity contribution in [2.75, 3.05) is 0 Å². The van der Waals surface area contributed by atoms with Crippen molar-refractivity contribution in [1.29, 1.82) is 0 Å². The molecule has 3 N–H and O–H groups in total. The van der Waals surface area contributed by atoms with E-state index in [0.29, 0.717) is 17.0 Å². The number of hydrogen-bond acceptors (Lipinski definition) is 3. The van der Waals surface area contributed by atoms with Gasteiger partial charge in [-0.1, -0.05) is 26.7 Å². The summed E-state index contributed by atoms with van der Waals surface area (Å²) >= 11 is 0. The monoisotopic (exact) mass is 312 g/mol. The third-order valence-electron chi connectivity index (χ3n) is 3.76. The highest BCUT2D eigenvalue weighted by Crippen LogP contribution is 2.16. The van der Waals surface area contributed by atoms with E-state index in [1.165, 1.54) is 12.1 Å². The lowest BCUT2D eigenvalue weighted by Crippen LogP contribution is -2.37. The van der Waals surface area contributed by atoms with E-state index < -0.39 is 10.0 Å². The van der Waals surface area contributed by atoms with Gasteiger partial charge in [0.15, 0.2) is 0 Å². The van der Waals surface area contributed by atoms with Crippen LogP contribution in [-0.2, 0) is 10.0 Å². The van der Waals surface area contributed by atoms with Gasteiger partial charge in [-0.25, -0.2) is 13.6 Å². The van der Waals surface area contributed by atoms with Crippen molar-refractivity contribution >= 4 is 15.9 Å². The molecule has 21 heavy (non-hydrogen) atoms. The fourth-order valence-electron chi connectivity index (χ4n) is 2.45. The Labute approximate surface area is 127 Å². The fraction of sp³-hybridized carbons (Fsp3) is 0.533. The highest BCUT2D eigenvalue weighted by atomic mass is 32.2. The van der Waals surface area contributed by atoms with Crippen LogP contribution in [0.2, 0.25) is 0 Å². The number of sulfonamides is 1. The summed E-state index contributed by atoms with van der Waals surface area (Å²) in [5.41, 5.74) is 0.999. The first-order valence-corrected chi connectivity index (χ1v) is 8.69. The number of aryl methyl sites for hydroxylation is 1. The minimum atomic E-state index is -3.82. The molecule has 1 amide bonds. The molecule has 1 unspecified atom stereocenters. The molecule has 1 aromatic rings. The minimum absolute atomic E-state index is 0.0333. The Morgan fingerprint density at radius 2 is 1.81 bits per heavy atom. The average Bonchev–Trinajstić information content (AvgIpc) is 2.38. The van der Waals surface area contributed by atoms with E-state index in [1.807, 2.05) is 6.92 Å². The molecule has 0 saturated carbocycles. The molecule has 118 valence electrons. The molecule has 0 radical (unpaired) electrons. The maximum atomic E-state index is 12.3. The Morgan fingerprint density at radius 3 is 2.29 bits per heavy atom. The van der Waals surface area contributed by atoms with E-state index in [1.54, 1.807) is 13.0 Å².